The lowest BCUT2D eigenvalue weighted by molar-refractivity contribution is -0.385. The summed E-state index contributed by atoms with van der Waals surface area (Å²) in [5, 5.41) is 10.6. The fourth-order valence-corrected chi connectivity index (χ4v) is 1.43. The molecule has 1 aliphatic rings. The molecule has 2 N–H and O–H groups in total. The van der Waals surface area contributed by atoms with Crippen LogP contribution < -0.4 is 10.5 Å². The van der Waals surface area contributed by atoms with Crippen LogP contribution in [0.5, 0.6) is 5.75 Å². The number of amidine groups is 1. The first-order valence-electron chi connectivity index (χ1n) is 5.83. The Hall–Kier alpha value is -2.18. The minimum absolute atomic E-state index is 0.0357. The van der Waals surface area contributed by atoms with E-state index < -0.39 is 16.3 Å². The maximum absolute atomic E-state index is 13.6. The maximum Gasteiger partial charge on any atom is 0.274 e. The highest BCUT2D eigenvalue weighted by Gasteiger charge is 2.33. The number of benzene rings is 1. The summed E-state index contributed by atoms with van der Waals surface area (Å²) >= 11 is 0. The average molecular weight is 269 g/mol. The van der Waals surface area contributed by atoms with E-state index in [2.05, 4.69) is 4.99 Å². The molecule has 0 unspecified atom stereocenters. The van der Waals surface area contributed by atoms with E-state index in [1.54, 1.807) is 13.8 Å². The Morgan fingerprint density at radius 2 is 2.00 bits per heavy atom. The molecule has 0 spiro atoms. The van der Waals surface area contributed by atoms with Gasteiger partial charge in [0.2, 0.25) is 0 Å². The number of rotatable bonds is 1. The van der Waals surface area contributed by atoms with Gasteiger partial charge < -0.3 is 10.5 Å². The van der Waals surface area contributed by atoms with Gasteiger partial charge in [-0.3, -0.25) is 10.1 Å². The Bertz CT molecular complexity index is 541. The Labute approximate surface area is 110 Å². The highest BCUT2D eigenvalue weighted by Crippen LogP contribution is 2.40. The maximum atomic E-state index is 13.6. The van der Waals surface area contributed by atoms with Crippen molar-refractivity contribution in [1.29, 1.82) is 0 Å². The van der Waals surface area contributed by atoms with E-state index >= 15 is 0 Å². The fraction of sp³-hybridized carbons (Fsp3) is 0.417. The van der Waals surface area contributed by atoms with E-state index in [1.165, 1.54) is 0 Å². The van der Waals surface area contributed by atoms with Gasteiger partial charge in [0.1, 0.15) is 11.5 Å². The number of nitrogens with two attached hydrogens (primary N) is 1. The molecule has 7 heteroatoms. The van der Waals surface area contributed by atoms with E-state index in [9.17, 15) is 14.5 Å². The Balaban J connectivity index is 0.000000861. The van der Waals surface area contributed by atoms with Crippen molar-refractivity contribution in [3.05, 3.63) is 28.1 Å². The third-order valence-corrected chi connectivity index (χ3v) is 2.43. The quantitative estimate of drug-likeness (QED) is 0.626. The number of nitro groups is 1. The van der Waals surface area contributed by atoms with Crippen molar-refractivity contribution in [3.63, 3.8) is 0 Å². The molecule has 1 aliphatic heterocycles. The molecule has 19 heavy (non-hydrogen) atoms. The van der Waals surface area contributed by atoms with Crippen LogP contribution >= 0.6 is 0 Å². The largest absolute Gasteiger partial charge is 0.475 e. The molecule has 0 aromatic heterocycles. The molecular weight excluding hydrogens is 253 g/mol. The summed E-state index contributed by atoms with van der Waals surface area (Å²) in [4.78, 5) is 13.8. The minimum Gasteiger partial charge on any atom is -0.475 e. The van der Waals surface area contributed by atoms with Gasteiger partial charge in [-0.05, 0) is 13.8 Å². The average Bonchev–Trinajstić information content (AvgIpc) is 2.34. The smallest absolute Gasteiger partial charge is 0.274 e. The first kappa shape index (κ1) is 14.9. The number of ether oxygens (including phenoxy) is 1. The Kier molecular flexibility index (Phi) is 4.08. The van der Waals surface area contributed by atoms with E-state index in [4.69, 9.17) is 10.5 Å². The second-order valence-electron chi connectivity index (χ2n) is 4.14. The van der Waals surface area contributed by atoms with Crippen LogP contribution in [0.15, 0.2) is 17.1 Å². The lowest BCUT2D eigenvalue weighted by Crippen LogP contribution is -2.45. The summed E-state index contributed by atoms with van der Waals surface area (Å²) in [5.74, 6) is -0.793. The van der Waals surface area contributed by atoms with Gasteiger partial charge in [-0.1, -0.05) is 13.8 Å². The third-order valence-electron chi connectivity index (χ3n) is 2.43. The zero-order chi connectivity index (χ0) is 14.8. The number of fused-ring (bicyclic) bond motifs is 1. The molecule has 1 heterocycles. The number of hydrogen-bond acceptors (Lipinski definition) is 5. The first-order valence-corrected chi connectivity index (χ1v) is 5.83. The molecule has 0 fully saturated rings. The molecule has 0 aliphatic carbocycles. The molecular formula is C12H16FN3O3. The van der Waals surface area contributed by atoms with Crippen LogP contribution in [0.4, 0.5) is 15.8 Å². The molecule has 104 valence electrons. The molecule has 0 bridgehead atoms. The summed E-state index contributed by atoms with van der Waals surface area (Å²) in [6.45, 7) is 7.27. The van der Waals surface area contributed by atoms with Gasteiger partial charge in [0.05, 0.1) is 11.0 Å². The van der Waals surface area contributed by atoms with Crippen LogP contribution in [-0.4, -0.2) is 16.4 Å². The summed E-state index contributed by atoms with van der Waals surface area (Å²) < 4.78 is 19.0. The molecule has 6 nitrogen and oxygen atoms in total. The predicted octanol–water partition coefficient (Wildman–Crippen LogP) is 2.92. The van der Waals surface area contributed by atoms with Gasteiger partial charge in [0.25, 0.3) is 5.69 Å². The Morgan fingerprint density at radius 1 is 1.42 bits per heavy atom. The van der Waals surface area contributed by atoms with Crippen molar-refractivity contribution in [2.24, 2.45) is 10.7 Å². The number of hydrogen-bond donors (Lipinski definition) is 1. The highest BCUT2D eigenvalue weighted by molar-refractivity contribution is 5.93. The molecule has 0 atom stereocenters. The second kappa shape index (κ2) is 5.21. The van der Waals surface area contributed by atoms with Crippen LogP contribution in [0, 0.1) is 15.9 Å². The minimum atomic E-state index is -0.927. The zero-order valence-corrected chi connectivity index (χ0v) is 11.2. The monoisotopic (exact) mass is 269 g/mol. The number of nitrogens with zero attached hydrogens (tertiary/aromatic N) is 2. The highest BCUT2D eigenvalue weighted by atomic mass is 19.1. The van der Waals surface area contributed by atoms with Gasteiger partial charge in [0, 0.05) is 6.07 Å². The second-order valence-corrected chi connectivity index (χ2v) is 4.14. The van der Waals surface area contributed by atoms with Crippen molar-refractivity contribution >= 4 is 17.2 Å². The van der Waals surface area contributed by atoms with E-state index in [1.807, 2.05) is 13.8 Å². The molecule has 1 aromatic carbocycles. The lowest BCUT2D eigenvalue weighted by atomic mass is 10.1. The topological polar surface area (TPSA) is 90.8 Å². The molecule has 0 saturated carbocycles. The zero-order valence-electron chi connectivity index (χ0n) is 11.2. The standard InChI is InChI=1S/C10H10FN3O3.C2H6/c1-10(2)9(12)13-7-4-5(14(15)16)3-6(11)8(7)17-10;1-2/h3-4H,1-2H3,(H2,12,13);1-2H3. The van der Waals surface area contributed by atoms with E-state index in [0.717, 1.165) is 12.1 Å². The van der Waals surface area contributed by atoms with Crippen molar-refractivity contribution in [1.82, 2.24) is 0 Å². The summed E-state index contributed by atoms with van der Waals surface area (Å²) in [6, 6.07) is 1.92. The number of non-ortho nitro benzene ring substituents is 1. The van der Waals surface area contributed by atoms with E-state index in [0.29, 0.717) is 0 Å². The van der Waals surface area contributed by atoms with Crippen molar-refractivity contribution in [2.75, 3.05) is 0 Å². The molecule has 1 aromatic rings. The molecule has 2 rings (SSSR count). The van der Waals surface area contributed by atoms with Crippen LogP contribution in [0.3, 0.4) is 0 Å². The van der Waals surface area contributed by atoms with Gasteiger partial charge >= 0.3 is 0 Å². The number of nitro benzene ring substituents is 1. The predicted molar refractivity (Wildman–Crippen MR) is 70.4 cm³/mol. The SMILES string of the molecule is CC.CC1(C)Oc2c(F)cc([N+](=O)[O-])cc2N=C1N. The van der Waals surface area contributed by atoms with Gasteiger partial charge in [0.15, 0.2) is 17.2 Å². The van der Waals surface area contributed by atoms with Crippen LogP contribution in [0.1, 0.15) is 27.7 Å². The van der Waals surface area contributed by atoms with Crippen molar-refractivity contribution < 1.29 is 14.1 Å². The number of aliphatic imine (C=N–C) groups is 1. The first-order chi connectivity index (χ1) is 8.81. The molecule has 0 amide bonds. The van der Waals surface area contributed by atoms with Gasteiger partial charge in [-0.15, -0.1) is 0 Å². The van der Waals surface area contributed by atoms with Gasteiger partial charge in [-0.2, -0.15) is 0 Å². The van der Waals surface area contributed by atoms with Crippen LogP contribution in [-0.2, 0) is 0 Å². The van der Waals surface area contributed by atoms with Crippen LogP contribution in [0.25, 0.3) is 0 Å². The summed E-state index contributed by atoms with van der Waals surface area (Å²) in [7, 11) is 0. The van der Waals surface area contributed by atoms with Gasteiger partial charge in [-0.25, -0.2) is 9.38 Å². The normalized spacial score (nSPS) is 15.3. The number of halogens is 1. The fourth-order valence-electron chi connectivity index (χ4n) is 1.43. The molecule has 0 radical (unpaired) electrons. The summed E-state index contributed by atoms with van der Waals surface area (Å²) in [6.07, 6.45) is 0. The molecule has 0 saturated heterocycles. The van der Waals surface area contributed by atoms with Crippen molar-refractivity contribution in [2.45, 2.75) is 33.3 Å². The third kappa shape index (κ3) is 2.81. The summed E-state index contributed by atoms with van der Waals surface area (Å²) in [5.41, 5.74) is 4.36. The Morgan fingerprint density at radius 3 is 2.53 bits per heavy atom. The lowest BCUT2D eigenvalue weighted by Gasteiger charge is -2.30. The van der Waals surface area contributed by atoms with Crippen LogP contribution in [0.2, 0.25) is 0 Å². The van der Waals surface area contributed by atoms with Crippen molar-refractivity contribution in [3.8, 4) is 5.75 Å². The van der Waals surface area contributed by atoms with E-state index in [-0.39, 0.29) is 23.0 Å².